The Morgan fingerprint density at radius 2 is 2.18 bits per heavy atom. The predicted octanol–water partition coefficient (Wildman–Crippen LogP) is 2.42. The number of nitrogen functional groups attached to an aromatic ring is 1. The summed E-state index contributed by atoms with van der Waals surface area (Å²) >= 11 is 0. The zero-order chi connectivity index (χ0) is 12.9. The monoisotopic (exact) mass is 255 g/mol. The van der Waals surface area contributed by atoms with Crippen LogP contribution < -0.4 is 10.5 Å². The van der Waals surface area contributed by atoms with E-state index in [1.165, 1.54) is 0 Å². The van der Waals surface area contributed by atoms with Crippen LogP contribution >= 0.6 is 0 Å². The third-order valence-electron chi connectivity index (χ3n) is 2.46. The summed E-state index contributed by atoms with van der Waals surface area (Å²) in [6.07, 6.45) is 0.901. The second-order valence-corrected chi connectivity index (χ2v) is 5.99. The topological polar surface area (TPSA) is 67.5 Å². The van der Waals surface area contributed by atoms with E-state index in [1.54, 1.807) is 24.3 Å². The molecule has 0 spiro atoms. The van der Waals surface area contributed by atoms with Crippen LogP contribution in [0.25, 0.3) is 0 Å². The molecule has 0 aliphatic heterocycles. The second-order valence-electron chi connectivity index (χ2n) is 3.97. The van der Waals surface area contributed by atoms with E-state index < -0.39 is 9.92 Å². The standard InChI is InChI=1S/C12H21N3OS/c1-4-10(3)15-17(16,14-5-2)12-8-6-7-11(13)9-12/h6-10H,4-5,13H2,1-3H3,(H,14,15,16). The van der Waals surface area contributed by atoms with Gasteiger partial charge in [-0.25, -0.2) is 13.3 Å². The lowest BCUT2D eigenvalue weighted by atomic mass is 10.3. The van der Waals surface area contributed by atoms with Gasteiger partial charge in [-0.05, 0) is 38.5 Å². The number of nitrogens with zero attached hydrogens (tertiary/aromatic N) is 1. The molecule has 96 valence electrons. The van der Waals surface area contributed by atoms with E-state index in [4.69, 9.17) is 5.73 Å². The summed E-state index contributed by atoms with van der Waals surface area (Å²) in [5, 5.41) is 0. The van der Waals surface area contributed by atoms with E-state index in [0.29, 0.717) is 17.1 Å². The lowest BCUT2D eigenvalue weighted by molar-refractivity contribution is 0.616. The number of hydrogen-bond acceptors (Lipinski definition) is 3. The van der Waals surface area contributed by atoms with Gasteiger partial charge in [-0.2, -0.15) is 0 Å². The predicted molar refractivity (Wildman–Crippen MR) is 73.1 cm³/mol. The van der Waals surface area contributed by atoms with Crippen LogP contribution in [0.15, 0.2) is 33.5 Å². The van der Waals surface area contributed by atoms with Crippen molar-refractivity contribution in [2.75, 3.05) is 12.3 Å². The highest BCUT2D eigenvalue weighted by molar-refractivity contribution is 7.91. The van der Waals surface area contributed by atoms with Crippen LogP contribution in [-0.2, 0) is 9.92 Å². The minimum Gasteiger partial charge on any atom is -0.399 e. The van der Waals surface area contributed by atoms with Crippen LogP contribution in [0.3, 0.4) is 0 Å². The summed E-state index contributed by atoms with van der Waals surface area (Å²) in [6.45, 7) is 6.43. The van der Waals surface area contributed by atoms with Gasteiger partial charge in [-0.1, -0.05) is 13.0 Å². The van der Waals surface area contributed by atoms with E-state index in [9.17, 15) is 4.21 Å². The van der Waals surface area contributed by atoms with E-state index >= 15 is 0 Å². The highest BCUT2D eigenvalue weighted by Crippen LogP contribution is 2.16. The maximum absolute atomic E-state index is 12.8. The molecule has 0 saturated carbocycles. The highest BCUT2D eigenvalue weighted by Gasteiger charge is 2.14. The van der Waals surface area contributed by atoms with Crippen molar-refractivity contribution in [1.29, 1.82) is 0 Å². The maximum Gasteiger partial charge on any atom is 0.137 e. The summed E-state index contributed by atoms with van der Waals surface area (Å²) < 4.78 is 20.1. The van der Waals surface area contributed by atoms with Gasteiger partial charge < -0.3 is 5.73 Å². The number of benzene rings is 1. The molecule has 4 nitrogen and oxygen atoms in total. The van der Waals surface area contributed by atoms with Gasteiger partial charge in [0.1, 0.15) is 9.92 Å². The molecule has 5 heteroatoms. The molecule has 0 aliphatic carbocycles. The van der Waals surface area contributed by atoms with Crippen molar-refractivity contribution >= 4 is 15.6 Å². The summed E-state index contributed by atoms with van der Waals surface area (Å²) in [5.74, 6) is 0. The Labute approximate surface area is 104 Å². The van der Waals surface area contributed by atoms with E-state index in [1.807, 2.05) is 20.8 Å². The number of nitrogens with one attached hydrogen (secondary N) is 1. The molecule has 1 aromatic rings. The first-order chi connectivity index (χ1) is 8.01. The largest absolute Gasteiger partial charge is 0.399 e. The lowest BCUT2D eigenvalue weighted by Gasteiger charge is -2.17. The minimum atomic E-state index is -2.56. The van der Waals surface area contributed by atoms with Crippen molar-refractivity contribution in [2.45, 2.75) is 38.1 Å². The number of nitrogens with two attached hydrogens (primary N) is 1. The van der Waals surface area contributed by atoms with Gasteiger partial charge in [0.25, 0.3) is 0 Å². The van der Waals surface area contributed by atoms with E-state index in [0.717, 1.165) is 6.42 Å². The van der Waals surface area contributed by atoms with Crippen LogP contribution in [0.5, 0.6) is 0 Å². The van der Waals surface area contributed by atoms with Gasteiger partial charge in [0.05, 0.1) is 4.90 Å². The summed E-state index contributed by atoms with van der Waals surface area (Å²) in [7, 11) is -2.56. The van der Waals surface area contributed by atoms with Gasteiger partial charge in [0.15, 0.2) is 0 Å². The van der Waals surface area contributed by atoms with Crippen molar-refractivity contribution in [3.05, 3.63) is 24.3 Å². The smallest absolute Gasteiger partial charge is 0.137 e. The van der Waals surface area contributed by atoms with Gasteiger partial charge in [-0.15, -0.1) is 0 Å². The SMILES string of the molecule is CCN=S(=O)(NC(C)CC)c1cccc(N)c1. The van der Waals surface area contributed by atoms with Gasteiger partial charge in [0, 0.05) is 18.3 Å². The van der Waals surface area contributed by atoms with Gasteiger partial charge in [0.2, 0.25) is 0 Å². The zero-order valence-corrected chi connectivity index (χ0v) is 11.5. The highest BCUT2D eigenvalue weighted by atomic mass is 32.2. The number of hydrogen-bond donors (Lipinski definition) is 2. The quantitative estimate of drug-likeness (QED) is 0.793. The van der Waals surface area contributed by atoms with Crippen molar-refractivity contribution in [1.82, 2.24) is 4.72 Å². The molecule has 0 saturated heterocycles. The van der Waals surface area contributed by atoms with Crippen molar-refractivity contribution < 1.29 is 4.21 Å². The molecule has 0 aliphatic rings. The minimum absolute atomic E-state index is 0.152. The molecular formula is C12H21N3OS. The first-order valence-corrected chi connectivity index (χ1v) is 7.39. The van der Waals surface area contributed by atoms with Crippen LogP contribution in [0.1, 0.15) is 27.2 Å². The van der Waals surface area contributed by atoms with E-state index in [2.05, 4.69) is 9.08 Å². The van der Waals surface area contributed by atoms with Crippen molar-refractivity contribution in [2.24, 2.45) is 4.36 Å². The zero-order valence-electron chi connectivity index (χ0n) is 10.6. The van der Waals surface area contributed by atoms with Crippen molar-refractivity contribution in [3.63, 3.8) is 0 Å². The lowest BCUT2D eigenvalue weighted by Crippen LogP contribution is -2.32. The molecular weight excluding hydrogens is 234 g/mol. The molecule has 0 fully saturated rings. The normalized spacial score (nSPS) is 16.2. The molecule has 0 amide bonds. The fourth-order valence-electron chi connectivity index (χ4n) is 1.40. The molecule has 17 heavy (non-hydrogen) atoms. The Kier molecular flexibility index (Phi) is 4.96. The van der Waals surface area contributed by atoms with Gasteiger partial charge in [-0.3, -0.25) is 0 Å². The first-order valence-electron chi connectivity index (χ1n) is 5.87. The van der Waals surface area contributed by atoms with Crippen LogP contribution in [-0.4, -0.2) is 16.8 Å². The number of anilines is 1. The van der Waals surface area contributed by atoms with Gasteiger partial charge >= 0.3 is 0 Å². The third-order valence-corrected chi connectivity index (χ3v) is 4.70. The molecule has 3 N–H and O–H groups in total. The van der Waals surface area contributed by atoms with Crippen molar-refractivity contribution in [3.8, 4) is 0 Å². The molecule has 1 aromatic carbocycles. The second kappa shape index (κ2) is 6.02. The Bertz CT molecular complexity index is 478. The molecule has 1 rings (SSSR count). The maximum atomic E-state index is 12.8. The Morgan fingerprint density at radius 1 is 1.47 bits per heavy atom. The Morgan fingerprint density at radius 3 is 2.71 bits per heavy atom. The Hall–Kier alpha value is -1.07. The molecule has 2 atom stereocenters. The van der Waals surface area contributed by atoms with Crippen LogP contribution in [0, 0.1) is 0 Å². The molecule has 2 unspecified atom stereocenters. The molecule has 0 heterocycles. The summed E-state index contributed by atoms with van der Waals surface area (Å²) in [6, 6.07) is 7.25. The number of rotatable bonds is 5. The molecule has 0 aromatic heterocycles. The fraction of sp³-hybridized carbons (Fsp3) is 0.500. The third kappa shape index (κ3) is 3.71. The summed E-state index contributed by atoms with van der Waals surface area (Å²) in [5.41, 5.74) is 6.32. The van der Waals surface area contributed by atoms with E-state index in [-0.39, 0.29) is 6.04 Å². The first kappa shape index (κ1) is 14.0. The fourth-order valence-corrected chi connectivity index (χ4v) is 3.40. The molecule has 0 radical (unpaired) electrons. The Balaban J connectivity index is 3.17. The average molecular weight is 255 g/mol. The molecule has 0 bridgehead atoms. The summed E-state index contributed by atoms with van der Waals surface area (Å²) in [4.78, 5) is 0.652. The average Bonchev–Trinajstić information content (AvgIpc) is 2.29. The van der Waals surface area contributed by atoms with Crippen LogP contribution in [0.2, 0.25) is 0 Å². The van der Waals surface area contributed by atoms with Crippen LogP contribution in [0.4, 0.5) is 5.69 Å².